The molecule has 0 saturated heterocycles. The van der Waals surface area contributed by atoms with Gasteiger partial charge in [0.15, 0.2) is 34.5 Å². The Balaban J connectivity index is 1.11. The maximum Gasteiger partial charge on any atom is 0.231 e. The molecule has 0 fully saturated rings. The van der Waals surface area contributed by atoms with Gasteiger partial charge in [-0.2, -0.15) is 0 Å². The van der Waals surface area contributed by atoms with Crippen LogP contribution in [0.2, 0.25) is 0 Å². The highest BCUT2D eigenvalue weighted by atomic mass is 16.7. The summed E-state index contributed by atoms with van der Waals surface area (Å²) in [5.74, 6) is 6.39. The number of hydrogen-bond acceptors (Lipinski definition) is 10. The average Bonchev–Trinajstić information content (AvgIpc) is 3.61. The normalized spacial score (nSPS) is 18.2. The number of likely N-dealkylation sites (N-methyl/N-ethyl adjacent to an activating group) is 2. The summed E-state index contributed by atoms with van der Waals surface area (Å²) in [5.41, 5.74) is 7.10. The molecule has 0 spiro atoms. The van der Waals surface area contributed by atoms with Gasteiger partial charge in [0.2, 0.25) is 18.3 Å². The van der Waals surface area contributed by atoms with E-state index in [9.17, 15) is 0 Å². The van der Waals surface area contributed by atoms with Gasteiger partial charge in [0.25, 0.3) is 0 Å². The Morgan fingerprint density at radius 3 is 1.84 bits per heavy atom. The summed E-state index contributed by atoms with van der Waals surface area (Å²) in [6.45, 7) is 2.05. The van der Waals surface area contributed by atoms with Crippen LogP contribution < -0.4 is 37.9 Å². The zero-order chi connectivity index (χ0) is 34.9. The minimum absolute atomic E-state index is 0.108. The highest BCUT2D eigenvalue weighted by Gasteiger charge is 2.34. The van der Waals surface area contributed by atoms with Crippen LogP contribution in [0.5, 0.6) is 51.7 Å². The monoisotopic (exact) mass is 682 g/mol. The Morgan fingerprint density at radius 2 is 1.20 bits per heavy atom. The lowest BCUT2D eigenvalue weighted by Crippen LogP contribution is -2.33. The zero-order valence-corrected chi connectivity index (χ0v) is 30.0. The minimum Gasteiger partial charge on any atom is -0.493 e. The summed E-state index contributed by atoms with van der Waals surface area (Å²) < 4.78 is 46.8. The number of nitrogens with zero attached hydrogens (tertiary/aromatic N) is 2. The van der Waals surface area contributed by atoms with Crippen LogP contribution in [0.4, 0.5) is 0 Å². The summed E-state index contributed by atoms with van der Waals surface area (Å²) in [4.78, 5) is 4.78. The van der Waals surface area contributed by atoms with E-state index in [0.717, 1.165) is 72.9 Å². The highest BCUT2D eigenvalue weighted by molar-refractivity contribution is 5.62. The molecule has 0 N–H and O–H groups in total. The van der Waals surface area contributed by atoms with Crippen molar-refractivity contribution in [2.75, 3.05) is 69.5 Å². The quantitative estimate of drug-likeness (QED) is 0.169. The molecule has 0 amide bonds. The van der Waals surface area contributed by atoms with Crippen molar-refractivity contribution < 1.29 is 37.9 Å². The number of hydrogen-bond donors (Lipinski definition) is 0. The first-order valence-electron chi connectivity index (χ1n) is 17.0. The predicted molar refractivity (Wildman–Crippen MR) is 190 cm³/mol. The van der Waals surface area contributed by atoms with Crippen LogP contribution >= 0.6 is 0 Å². The lowest BCUT2D eigenvalue weighted by molar-refractivity contribution is 0.171. The van der Waals surface area contributed by atoms with E-state index in [1.165, 1.54) is 22.3 Å². The fraction of sp³-hybridized carbons (Fsp3) is 0.400. The molecule has 3 aliphatic rings. The van der Waals surface area contributed by atoms with Gasteiger partial charge in [-0.05, 0) is 98.4 Å². The Hall–Kier alpha value is -4.80. The van der Waals surface area contributed by atoms with Crippen LogP contribution in [-0.2, 0) is 25.7 Å². The van der Waals surface area contributed by atoms with Gasteiger partial charge >= 0.3 is 0 Å². The standard InChI is InChI=1S/C40H46N2O8/c1-41-17-15-28-30(22-36-40(38(28)46-6)49-23-48-36)31(41)18-24-8-11-26(12-9-24)50-34-20-25(10-13-33(34)43-3)19-32-29-21-35(44-4)39(47-7)37(45-5)27(29)14-16-42(32)2/h8-13,20-22,31-32H,14-19,23H2,1-7H3/t31-,32+/m1/s1. The number of benzene rings is 4. The maximum atomic E-state index is 6.48. The number of fused-ring (bicyclic) bond motifs is 3. The third-order valence-corrected chi connectivity index (χ3v) is 10.4. The van der Waals surface area contributed by atoms with E-state index in [1.54, 1.807) is 35.5 Å². The van der Waals surface area contributed by atoms with E-state index in [-0.39, 0.29) is 18.9 Å². The molecule has 0 unspecified atom stereocenters. The summed E-state index contributed by atoms with van der Waals surface area (Å²) >= 11 is 0. The SMILES string of the molecule is COc1ccc(C[C@H]2c3cc(OC)c(OC)c(OC)c3CCN2C)cc1Oc1ccc(C[C@@H]2c3cc4c(c(OC)c3CCN2C)OCO4)cc1. The number of methoxy groups -OCH3 is 5. The van der Waals surface area contributed by atoms with Crippen LogP contribution in [0.15, 0.2) is 54.6 Å². The molecule has 10 heteroatoms. The van der Waals surface area contributed by atoms with Gasteiger partial charge in [0.05, 0.1) is 35.5 Å². The topological polar surface area (TPSA) is 80.3 Å². The van der Waals surface area contributed by atoms with Crippen molar-refractivity contribution in [2.45, 2.75) is 37.8 Å². The first-order chi connectivity index (χ1) is 24.4. The van der Waals surface area contributed by atoms with Gasteiger partial charge in [-0.15, -0.1) is 0 Å². The molecule has 3 aliphatic heterocycles. The summed E-state index contributed by atoms with van der Waals surface area (Å²) in [6.07, 6.45) is 3.37. The summed E-state index contributed by atoms with van der Waals surface area (Å²) in [7, 11) is 12.7. The molecule has 4 aromatic carbocycles. The summed E-state index contributed by atoms with van der Waals surface area (Å²) in [5, 5.41) is 0. The van der Waals surface area contributed by atoms with E-state index in [4.69, 9.17) is 37.9 Å². The molecule has 264 valence electrons. The lowest BCUT2D eigenvalue weighted by Gasteiger charge is -2.36. The van der Waals surface area contributed by atoms with Gasteiger partial charge in [-0.1, -0.05) is 18.2 Å². The van der Waals surface area contributed by atoms with Crippen molar-refractivity contribution in [3.05, 3.63) is 88.0 Å². The second-order valence-corrected chi connectivity index (χ2v) is 13.1. The third-order valence-electron chi connectivity index (χ3n) is 10.4. The molecule has 7 rings (SSSR count). The molecule has 10 nitrogen and oxygen atoms in total. The van der Waals surface area contributed by atoms with Crippen molar-refractivity contribution in [3.8, 4) is 51.7 Å². The Labute approximate surface area is 294 Å². The predicted octanol–water partition coefficient (Wildman–Crippen LogP) is 6.79. The van der Waals surface area contributed by atoms with E-state index in [2.05, 4.69) is 60.3 Å². The molecule has 0 bridgehead atoms. The van der Waals surface area contributed by atoms with E-state index < -0.39 is 0 Å². The van der Waals surface area contributed by atoms with Crippen LogP contribution in [0.3, 0.4) is 0 Å². The van der Waals surface area contributed by atoms with Crippen molar-refractivity contribution in [3.63, 3.8) is 0 Å². The van der Waals surface area contributed by atoms with Gasteiger partial charge in [0, 0.05) is 36.3 Å². The largest absolute Gasteiger partial charge is 0.493 e. The van der Waals surface area contributed by atoms with Crippen molar-refractivity contribution in [1.82, 2.24) is 9.80 Å². The first-order valence-corrected chi connectivity index (χ1v) is 17.0. The van der Waals surface area contributed by atoms with Crippen LogP contribution in [0, 0.1) is 0 Å². The molecule has 0 aliphatic carbocycles. The number of ether oxygens (including phenoxy) is 8. The van der Waals surface area contributed by atoms with E-state index in [0.29, 0.717) is 28.7 Å². The first kappa shape index (κ1) is 33.7. The fourth-order valence-electron chi connectivity index (χ4n) is 7.72. The van der Waals surface area contributed by atoms with Gasteiger partial charge < -0.3 is 37.9 Å². The fourth-order valence-corrected chi connectivity index (χ4v) is 7.72. The average molecular weight is 683 g/mol. The van der Waals surface area contributed by atoms with Gasteiger partial charge in [-0.25, -0.2) is 0 Å². The molecule has 0 aromatic heterocycles. The molecule has 4 aromatic rings. The molecule has 50 heavy (non-hydrogen) atoms. The van der Waals surface area contributed by atoms with Crippen LogP contribution in [-0.4, -0.2) is 79.3 Å². The van der Waals surface area contributed by atoms with E-state index in [1.807, 2.05) is 18.2 Å². The molecule has 3 heterocycles. The molecule has 0 radical (unpaired) electrons. The van der Waals surface area contributed by atoms with Gasteiger partial charge in [0.1, 0.15) is 5.75 Å². The van der Waals surface area contributed by atoms with Crippen LogP contribution in [0.1, 0.15) is 45.5 Å². The molecule has 2 atom stereocenters. The summed E-state index contributed by atoms with van der Waals surface area (Å²) in [6, 6.07) is 19.0. The zero-order valence-electron chi connectivity index (χ0n) is 30.0. The minimum atomic E-state index is 0.108. The maximum absolute atomic E-state index is 6.48. The van der Waals surface area contributed by atoms with Crippen molar-refractivity contribution >= 4 is 0 Å². The Kier molecular flexibility index (Phi) is 9.57. The second kappa shape index (κ2) is 14.2. The molecular formula is C40H46N2O8. The van der Waals surface area contributed by atoms with Crippen molar-refractivity contribution in [2.24, 2.45) is 0 Å². The molecule has 0 saturated carbocycles. The smallest absolute Gasteiger partial charge is 0.231 e. The Bertz CT molecular complexity index is 1860. The van der Waals surface area contributed by atoms with Crippen molar-refractivity contribution in [1.29, 1.82) is 0 Å². The van der Waals surface area contributed by atoms with Gasteiger partial charge in [-0.3, -0.25) is 9.80 Å². The molecular weight excluding hydrogens is 636 g/mol. The third kappa shape index (κ3) is 6.11. The highest BCUT2D eigenvalue weighted by Crippen LogP contribution is 2.50. The second-order valence-electron chi connectivity index (χ2n) is 13.1. The van der Waals surface area contributed by atoms with E-state index >= 15 is 0 Å². The number of rotatable bonds is 11. The van der Waals surface area contributed by atoms with Crippen LogP contribution in [0.25, 0.3) is 0 Å². The lowest BCUT2D eigenvalue weighted by atomic mass is 9.87. The Morgan fingerprint density at radius 1 is 0.600 bits per heavy atom.